The lowest BCUT2D eigenvalue weighted by Crippen LogP contribution is -2.16. The van der Waals surface area contributed by atoms with E-state index in [4.69, 9.17) is 0 Å². The maximum atomic E-state index is 12.1. The molecular formula is C16H20O2S. The molecule has 0 saturated heterocycles. The van der Waals surface area contributed by atoms with Crippen LogP contribution >= 0.6 is 0 Å². The molecular weight excluding hydrogens is 256 g/mol. The highest BCUT2D eigenvalue weighted by molar-refractivity contribution is 7.85. The number of aldehydes is 1. The number of allylic oxidation sites excluding steroid dienone is 2. The van der Waals surface area contributed by atoms with Gasteiger partial charge in [-0.05, 0) is 30.9 Å². The first-order valence-corrected chi connectivity index (χ1v) is 7.67. The standard InChI is InChI=1S/C16H20O2S/c1-3-8-14(4-2)15(13-17)11-12-19(18)16-9-6-5-7-10-16/h3-7,9-10,13-15H,1-2,8,11-12H2/t14-,15-,19?/m1/s1. The van der Waals surface area contributed by atoms with E-state index in [0.29, 0.717) is 12.2 Å². The summed E-state index contributed by atoms with van der Waals surface area (Å²) in [5, 5.41) is 0. The minimum absolute atomic E-state index is 0.0859. The second-order valence-corrected chi connectivity index (χ2v) is 5.95. The van der Waals surface area contributed by atoms with Crippen molar-refractivity contribution in [2.45, 2.75) is 17.7 Å². The monoisotopic (exact) mass is 276 g/mol. The van der Waals surface area contributed by atoms with Crippen molar-refractivity contribution in [2.24, 2.45) is 11.8 Å². The van der Waals surface area contributed by atoms with Crippen molar-refractivity contribution in [1.82, 2.24) is 0 Å². The Morgan fingerprint density at radius 1 is 1.16 bits per heavy atom. The van der Waals surface area contributed by atoms with Crippen molar-refractivity contribution in [3.8, 4) is 0 Å². The summed E-state index contributed by atoms with van der Waals surface area (Å²) in [6.07, 6.45) is 5.85. The molecule has 2 nitrogen and oxygen atoms in total. The summed E-state index contributed by atoms with van der Waals surface area (Å²) in [5.41, 5.74) is 0. The molecule has 0 amide bonds. The van der Waals surface area contributed by atoms with Gasteiger partial charge >= 0.3 is 0 Å². The normalized spacial score (nSPS) is 15.2. The number of rotatable bonds is 9. The predicted octanol–water partition coefficient (Wildman–Crippen LogP) is 3.38. The molecule has 0 heterocycles. The highest BCUT2D eigenvalue weighted by Crippen LogP contribution is 2.20. The Labute approximate surface area is 117 Å². The number of carbonyl (C=O) groups is 1. The third kappa shape index (κ3) is 4.95. The Morgan fingerprint density at radius 2 is 1.84 bits per heavy atom. The smallest absolute Gasteiger partial charge is 0.123 e. The third-order valence-electron chi connectivity index (χ3n) is 3.11. The number of hydrogen-bond donors (Lipinski definition) is 0. The van der Waals surface area contributed by atoms with Gasteiger partial charge in [0.15, 0.2) is 0 Å². The van der Waals surface area contributed by atoms with Gasteiger partial charge in [0.25, 0.3) is 0 Å². The van der Waals surface area contributed by atoms with E-state index in [-0.39, 0.29) is 11.8 Å². The molecule has 1 aromatic rings. The van der Waals surface area contributed by atoms with Gasteiger partial charge in [-0.1, -0.05) is 30.4 Å². The average molecular weight is 276 g/mol. The lowest BCUT2D eigenvalue weighted by atomic mass is 9.89. The molecule has 0 fully saturated rings. The molecule has 1 unspecified atom stereocenters. The second-order valence-electron chi connectivity index (χ2n) is 4.38. The zero-order chi connectivity index (χ0) is 14.1. The zero-order valence-electron chi connectivity index (χ0n) is 11.0. The van der Waals surface area contributed by atoms with Crippen molar-refractivity contribution < 1.29 is 9.00 Å². The van der Waals surface area contributed by atoms with Gasteiger partial charge in [0.05, 0.1) is 10.8 Å². The highest BCUT2D eigenvalue weighted by Gasteiger charge is 2.18. The molecule has 3 heteroatoms. The molecule has 1 aromatic carbocycles. The van der Waals surface area contributed by atoms with Crippen LogP contribution in [0.2, 0.25) is 0 Å². The summed E-state index contributed by atoms with van der Waals surface area (Å²) in [6, 6.07) is 9.33. The molecule has 0 spiro atoms. The maximum absolute atomic E-state index is 12.1. The molecule has 0 bridgehead atoms. The number of carbonyl (C=O) groups excluding carboxylic acids is 1. The summed E-state index contributed by atoms with van der Waals surface area (Å²) in [6.45, 7) is 7.44. The second kappa shape index (κ2) is 8.59. The Balaban J connectivity index is 2.58. The van der Waals surface area contributed by atoms with Crippen LogP contribution in [0, 0.1) is 11.8 Å². The molecule has 0 aliphatic carbocycles. The third-order valence-corrected chi connectivity index (χ3v) is 4.51. The summed E-state index contributed by atoms with van der Waals surface area (Å²) >= 11 is 0. The van der Waals surface area contributed by atoms with Crippen LogP contribution in [0.4, 0.5) is 0 Å². The molecule has 0 saturated carbocycles. The summed E-state index contributed by atoms with van der Waals surface area (Å²) in [4.78, 5) is 12.0. The van der Waals surface area contributed by atoms with Gasteiger partial charge in [0.2, 0.25) is 0 Å². The van der Waals surface area contributed by atoms with Crippen LogP contribution in [-0.2, 0) is 15.6 Å². The first-order valence-electron chi connectivity index (χ1n) is 6.35. The Bertz CT molecular complexity index is 439. The van der Waals surface area contributed by atoms with E-state index in [0.717, 1.165) is 17.6 Å². The van der Waals surface area contributed by atoms with Crippen LogP contribution in [-0.4, -0.2) is 16.2 Å². The van der Waals surface area contributed by atoms with Crippen molar-refractivity contribution >= 4 is 17.1 Å². The minimum atomic E-state index is -1.05. The number of benzene rings is 1. The van der Waals surface area contributed by atoms with Crippen molar-refractivity contribution in [3.05, 3.63) is 55.6 Å². The van der Waals surface area contributed by atoms with Crippen LogP contribution in [0.3, 0.4) is 0 Å². The molecule has 0 aromatic heterocycles. The van der Waals surface area contributed by atoms with Crippen LogP contribution in [0.1, 0.15) is 12.8 Å². The Hall–Kier alpha value is -1.48. The van der Waals surface area contributed by atoms with Gasteiger partial charge in [0.1, 0.15) is 6.29 Å². The van der Waals surface area contributed by atoms with Crippen molar-refractivity contribution in [1.29, 1.82) is 0 Å². The van der Waals surface area contributed by atoms with E-state index in [9.17, 15) is 9.00 Å². The predicted molar refractivity (Wildman–Crippen MR) is 80.4 cm³/mol. The van der Waals surface area contributed by atoms with Gasteiger partial charge in [-0.15, -0.1) is 13.2 Å². The molecule has 1 rings (SSSR count). The zero-order valence-corrected chi connectivity index (χ0v) is 11.9. The molecule has 0 radical (unpaired) electrons. The van der Waals surface area contributed by atoms with E-state index in [1.165, 1.54) is 0 Å². The highest BCUT2D eigenvalue weighted by atomic mass is 32.2. The summed E-state index contributed by atoms with van der Waals surface area (Å²) in [7, 11) is -1.05. The maximum Gasteiger partial charge on any atom is 0.123 e. The van der Waals surface area contributed by atoms with E-state index in [1.54, 1.807) is 12.2 Å². The van der Waals surface area contributed by atoms with Crippen LogP contribution in [0.15, 0.2) is 60.5 Å². The van der Waals surface area contributed by atoms with Crippen LogP contribution < -0.4 is 0 Å². The minimum Gasteiger partial charge on any atom is -0.303 e. The van der Waals surface area contributed by atoms with E-state index >= 15 is 0 Å². The Kier molecular flexibility index (Phi) is 7.04. The van der Waals surface area contributed by atoms with Crippen LogP contribution in [0.5, 0.6) is 0 Å². The number of hydrogen-bond acceptors (Lipinski definition) is 2. The molecule has 102 valence electrons. The lowest BCUT2D eigenvalue weighted by molar-refractivity contribution is -0.112. The Morgan fingerprint density at radius 3 is 2.37 bits per heavy atom. The van der Waals surface area contributed by atoms with Gasteiger partial charge in [-0.2, -0.15) is 0 Å². The van der Waals surface area contributed by atoms with Gasteiger partial charge in [-0.3, -0.25) is 4.21 Å². The molecule has 19 heavy (non-hydrogen) atoms. The van der Waals surface area contributed by atoms with E-state index in [2.05, 4.69) is 13.2 Å². The fraction of sp³-hybridized carbons (Fsp3) is 0.312. The summed E-state index contributed by atoms with van der Waals surface area (Å²) in [5.74, 6) is 0.445. The summed E-state index contributed by atoms with van der Waals surface area (Å²) < 4.78 is 12.1. The SMILES string of the molecule is C=CC[C@@H](C=C)[C@@H](C=O)CCS(=O)c1ccccc1. The molecule has 0 N–H and O–H groups in total. The van der Waals surface area contributed by atoms with Crippen molar-refractivity contribution in [2.75, 3.05) is 5.75 Å². The van der Waals surface area contributed by atoms with Gasteiger partial charge in [0, 0.05) is 16.6 Å². The average Bonchev–Trinajstić information content (AvgIpc) is 2.47. The molecule has 0 aliphatic heterocycles. The topological polar surface area (TPSA) is 34.1 Å². The van der Waals surface area contributed by atoms with Crippen molar-refractivity contribution in [3.63, 3.8) is 0 Å². The largest absolute Gasteiger partial charge is 0.303 e. The first-order chi connectivity index (χ1) is 9.22. The fourth-order valence-electron chi connectivity index (χ4n) is 1.95. The van der Waals surface area contributed by atoms with Gasteiger partial charge < -0.3 is 4.79 Å². The van der Waals surface area contributed by atoms with E-state index in [1.807, 2.05) is 30.3 Å². The quantitative estimate of drug-likeness (QED) is 0.512. The lowest BCUT2D eigenvalue weighted by Gasteiger charge is -2.17. The first kappa shape index (κ1) is 15.6. The fourth-order valence-corrected chi connectivity index (χ4v) is 3.14. The van der Waals surface area contributed by atoms with Crippen LogP contribution in [0.25, 0.3) is 0 Å². The van der Waals surface area contributed by atoms with Gasteiger partial charge in [-0.25, -0.2) is 0 Å². The van der Waals surface area contributed by atoms with E-state index < -0.39 is 10.8 Å². The molecule has 3 atom stereocenters. The molecule has 0 aliphatic rings.